The van der Waals surface area contributed by atoms with Gasteiger partial charge in [-0.05, 0) is 24.6 Å². The van der Waals surface area contributed by atoms with Gasteiger partial charge < -0.3 is 10.6 Å². The molecule has 2 N–H and O–H groups in total. The standard InChI is InChI=1S/C12H11BrN2O2/c1-7-11(16)15-10(12(17)14-7)6-8-4-2-3-5-9(8)13/h2-7H,1H3,(H,14,17)(H,15,16)/b10-6+. The summed E-state index contributed by atoms with van der Waals surface area (Å²) in [5, 5.41) is 5.17. The van der Waals surface area contributed by atoms with E-state index in [0.29, 0.717) is 0 Å². The first-order valence-electron chi connectivity index (χ1n) is 5.16. The first-order valence-corrected chi connectivity index (χ1v) is 5.95. The fourth-order valence-corrected chi connectivity index (χ4v) is 1.89. The Hall–Kier alpha value is -1.62. The molecule has 2 rings (SSSR count). The first-order chi connectivity index (χ1) is 8.08. The Balaban J connectivity index is 2.31. The van der Waals surface area contributed by atoms with Crippen molar-refractivity contribution in [2.75, 3.05) is 0 Å². The van der Waals surface area contributed by atoms with E-state index in [4.69, 9.17) is 0 Å². The minimum Gasteiger partial charge on any atom is -0.339 e. The molecule has 1 saturated heterocycles. The van der Waals surface area contributed by atoms with Gasteiger partial charge >= 0.3 is 0 Å². The lowest BCUT2D eigenvalue weighted by molar-refractivity contribution is -0.130. The van der Waals surface area contributed by atoms with Gasteiger partial charge in [0.05, 0.1) is 0 Å². The number of nitrogens with one attached hydrogen (secondary N) is 2. The number of carbonyl (C=O) groups is 2. The van der Waals surface area contributed by atoms with Crippen molar-refractivity contribution in [2.45, 2.75) is 13.0 Å². The van der Waals surface area contributed by atoms with Crippen molar-refractivity contribution in [3.8, 4) is 0 Å². The molecular weight excluding hydrogens is 284 g/mol. The Morgan fingerprint density at radius 1 is 1.29 bits per heavy atom. The van der Waals surface area contributed by atoms with Crippen molar-refractivity contribution in [1.29, 1.82) is 0 Å². The molecule has 5 heteroatoms. The van der Waals surface area contributed by atoms with Crippen molar-refractivity contribution in [3.63, 3.8) is 0 Å². The quantitative estimate of drug-likeness (QED) is 0.770. The van der Waals surface area contributed by atoms with Crippen LogP contribution in [0.25, 0.3) is 6.08 Å². The molecular formula is C12H11BrN2O2. The average Bonchev–Trinajstić information content (AvgIpc) is 2.29. The third-order valence-electron chi connectivity index (χ3n) is 2.45. The van der Waals surface area contributed by atoms with Gasteiger partial charge in [-0.15, -0.1) is 0 Å². The summed E-state index contributed by atoms with van der Waals surface area (Å²) in [6, 6.07) is 6.99. The van der Waals surface area contributed by atoms with Gasteiger partial charge in [-0.25, -0.2) is 0 Å². The molecule has 0 radical (unpaired) electrons. The Morgan fingerprint density at radius 2 is 2.00 bits per heavy atom. The molecule has 1 fully saturated rings. The average molecular weight is 295 g/mol. The fraction of sp³-hybridized carbons (Fsp3) is 0.167. The number of piperazine rings is 1. The largest absolute Gasteiger partial charge is 0.339 e. The molecule has 1 aromatic carbocycles. The highest BCUT2D eigenvalue weighted by Gasteiger charge is 2.25. The summed E-state index contributed by atoms with van der Waals surface area (Å²) in [6.07, 6.45) is 1.64. The van der Waals surface area contributed by atoms with Crippen LogP contribution in [0.15, 0.2) is 34.4 Å². The fourth-order valence-electron chi connectivity index (χ4n) is 1.49. The van der Waals surface area contributed by atoms with Gasteiger partial charge in [0, 0.05) is 4.47 Å². The number of rotatable bonds is 1. The monoisotopic (exact) mass is 294 g/mol. The van der Waals surface area contributed by atoms with Crippen molar-refractivity contribution in [3.05, 3.63) is 40.0 Å². The highest BCUT2D eigenvalue weighted by atomic mass is 79.9. The molecule has 1 aliphatic rings. The zero-order chi connectivity index (χ0) is 12.4. The second kappa shape index (κ2) is 4.71. The van der Waals surface area contributed by atoms with Crippen molar-refractivity contribution in [1.82, 2.24) is 10.6 Å². The summed E-state index contributed by atoms with van der Waals surface area (Å²) < 4.78 is 0.869. The van der Waals surface area contributed by atoms with Crippen LogP contribution in [0.3, 0.4) is 0 Å². The van der Waals surface area contributed by atoms with Gasteiger partial charge in [-0.3, -0.25) is 9.59 Å². The highest BCUT2D eigenvalue weighted by Crippen LogP contribution is 2.19. The molecule has 0 spiro atoms. The zero-order valence-electron chi connectivity index (χ0n) is 9.16. The van der Waals surface area contributed by atoms with Crippen molar-refractivity contribution in [2.24, 2.45) is 0 Å². The first kappa shape index (κ1) is 11.9. The van der Waals surface area contributed by atoms with Crippen LogP contribution in [-0.2, 0) is 9.59 Å². The summed E-state index contributed by atoms with van der Waals surface area (Å²) >= 11 is 3.38. The van der Waals surface area contributed by atoms with Crippen LogP contribution < -0.4 is 10.6 Å². The van der Waals surface area contributed by atoms with Crippen LogP contribution in [0.4, 0.5) is 0 Å². The number of benzene rings is 1. The molecule has 1 heterocycles. The predicted molar refractivity (Wildman–Crippen MR) is 67.9 cm³/mol. The van der Waals surface area contributed by atoms with Crippen LogP contribution in [0.5, 0.6) is 0 Å². The van der Waals surface area contributed by atoms with E-state index in [1.165, 1.54) is 0 Å². The molecule has 1 atom stereocenters. The van der Waals surface area contributed by atoms with Gasteiger partial charge in [-0.2, -0.15) is 0 Å². The molecule has 2 amide bonds. The Kier molecular flexibility index (Phi) is 3.28. The summed E-state index contributed by atoms with van der Waals surface area (Å²) in [5.41, 5.74) is 1.10. The van der Waals surface area contributed by atoms with Gasteiger partial charge in [-0.1, -0.05) is 34.1 Å². The van der Waals surface area contributed by atoms with Crippen LogP contribution >= 0.6 is 15.9 Å². The number of carbonyl (C=O) groups excluding carboxylic acids is 2. The number of amides is 2. The number of hydrogen-bond acceptors (Lipinski definition) is 2. The van der Waals surface area contributed by atoms with Crippen LogP contribution in [0.1, 0.15) is 12.5 Å². The molecule has 17 heavy (non-hydrogen) atoms. The van der Waals surface area contributed by atoms with E-state index >= 15 is 0 Å². The lowest BCUT2D eigenvalue weighted by Crippen LogP contribution is -2.53. The number of halogens is 1. The minimum absolute atomic E-state index is 0.206. The van der Waals surface area contributed by atoms with E-state index in [2.05, 4.69) is 26.6 Å². The topological polar surface area (TPSA) is 58.2 Å². The Labute approximate surface area is 107 Å². The number of hydrogen-bond donors (Lipinski definition) is 2. The third-order valence-corrected chi connectivity index (χ3v) is 3.17. The van der Waals surface area contributed by atoms with Gasteiger partial charge in [0.15, 0.2) is 0 Å². The molecule has 0 bridgehead atoms. The van der Waals surface area contributed by atoms with Gasteiger partial charge in [0.2, 0.25) is 5.91 Å². The maximum atomic E-state index is 11.7. The summed E-state index contributed by atoms with van der Waals surface area (Å²) in [7, 11) is 0. The molecule has 1 aromatic rings. The minimum atomic E-state index is -0.487. The molecule has 1 unspecified atom stereocenters. The van der Waals surface area contributed by atoms with E-state index in [1.54, 1.807) is 13.0 Å². The van der Waals surface area contributed by atoms with E-state index in [1.807, 2.05) is 24.3 Å². The van der Waals surface area contributed by atoms with Gasteiger partial charge in [0.1, 0.15) is 11.7 Å². The molecule has 0 aromatic heterocycles. The highest BCUT2D eigenvalue weighted by molar-refractivity contribution is 9.10. The summed E-state index contributed by atoms with van der Waals surface area (Å²) in [5.74, 6) is -0.476. The maximum Gasteiger partial charge on any atom is 0.268 e. The maximum absolute atomic E-state index is 11.7. The van der Waals surface area contributed by atoms with E-state index in [-0.39, 0.29) is 17.5 Å². The Bertz CT molecular complexity index is 511. The Morgan fingerprint density at radius 3 is 2.71 bits per heavy atom. The van der Waals surface area contributed by atoms with Crippen molar-refractivity contribution >= 4 is 33.8 Å². The van der Waals surface area contributed by atoms with Gasteiger partial charge in [0.25, 0.3) is 5.91 Å². The van der Waals surface area contributed by atoms with Crippen LogP contribution in [0.2, 0.25) is 0 Å². The lowest BCUT2D eigenvalue weighted by atomic mass is 10.1. The second-order valence-corrected chi connectivity index (χ2v) is 4.62. The molecule has 88 valence electrons. The molecule has 0 saturated carbocycles. The van der Waals surface area contributed by atoms with Crippen LogP contribution in [0, 0.1) is 0 Å². The zero-order valence-corrected chi connectivity index (χ0v) is 10.7. The van der Waals surface area contributed by atoms with E-state index < -0.39 is 6.04 Å². The second-order valence-electron chi connectivity index (χ2n) is 3.76. The van der Waals surface area contributed by atoms with Crippen molar-refractivity contribution < 1.29 is 9.59 Å². The summed E-state index contributed by atoms with van der Waals surface area (Å²) in [6.45, 7) is 1.64. The van der Waals surface area contributed by atoms with Crippen LogP contribution in [-0.4, -0.2) is 17.9 Å². The van der Waals surface area contributed by atoms with E-state index in [0.717, 1.165) is 10.0 Å². The molecule has 0 aliphatic carbocycles. The van der Waals surface area contributed by atoms with E-state index in [9.17, 15) is 9.59 Å². The summed E-state index contributed by atoms with van der Waals surface area (Å²) in [4.78, 5) is 23.1. The molecule has 1 aliphatic heterocycles. The molecule has 4 nitrogen and oxygen atoms in total. The smallest absolute Gasteiger partial charge is 0.268 e. The SMILES string of the molecule is CC1NC(=O)/C(=C\c2ccccc2Br)NC1=O. The lowest BCUT2D eigenvalue weighted by Gasteiger charge is -2.22. The third kappa shape index (κ3) is 2.55. The predicted octanol–water partition coefficient (Wildman–Crippen LogP) is 1.42. The normalized spacial score (nSPS) is 22.2.